The summed E-state index contributed by atoms with van der Waals surface area (Å²) in [6.45, 7) is 4.17. The molecule has 1 unspecified atom stereocenters. The number of anilines is 1. The van der Waals surface area contributed by atoms with Crippen molar-refractivity contribution < 1.29 is 4.74 Å². The van der Waals surface area contributed by atoms with Crippen LogP contribution < -0.4 is 10.1 Å². The van der Waals surface area contributed by atoms with Gasteiger partial charge in [0.2, 0.25) is 0 Å². The first-order chi connectivity index (χ1) is 9.65. The van der Waals surface area contributed by atoms with E-state index in [1.807, 2.05) is 18.2 Å². The number of nitriles is 1. The Labute approximate surface area is 119 Å². The second-order valence-electron chi connectivity index (χ2n) is 4.75. The fraction of sp³-hybridized carbons (Fsp3) is 0.235. The zero-order valence-electron chi connectivity index (χ0n) is 12.0. The van der Waals surface area contributed by atoms with E-state index in [2.05, 4.69) is 37.4 Å². The highest BCUT2D eigenvalue weighted by Gasteiger charge is 2.11. The highest BCUT2D eigenvalue weighted by molar-refractivity contribution is 5.61. The molecule has 0 aliphatic heterocycles. The van der Waals surface area contributed by atoms with E-state index in [4.69, 9.17) is 4.74 Å². The molecule has 0 heterocycles. The van der Waals surface area contributed by atoms with Crippen LogP contribution in [0, 0.1) is 18.3 Å². The summed E-state index contributed by atoms with van der Waals surface area (Å²) in [5, 5.41) is 12.6. The third kappa shape index (κ3) is 2.92. The van der Waals surface area contributed by atoms with Gasteiger partial charge in [-0.1, -0.05) is 24.3 Å². The minimum atomic E-state index is 0.121. The Kier molecular flexibility index (Phi) is 4.27. The molecule has 0 spiro atoms. The van der Waals surface area contributed by atoms with Crippen molar-refractivity contribution in [3.05, 3.63) is 59.2 Å². The zero-order valence-corrected chi connectivity index (χ0v) is 12.0. The van der Waals surface area contributed by atoms with Crippen molar-refractivity contribution in [1.29, 1.82) is 5.26 Å². The lowest BCUT2D eigenvalue weighted by Gasteiger charge is -2.19. The normalized spacial score (nSPS) is 11.5. The second kappa shape index (κ2) is 6.12. The maximum Gasteiger partial charge on any atom is 0.121 e. The van der Waals surface area contributed by atoms with Gasteiger partial charge in [0.25, 0.3) is 0 Å². The highest BCUT2D eigenvalue weighted by Crippen LogP contribution is 2.27. The summed E-state index contributed by atoms with van der Waals surface area (Å²) in [4.78, 5) is 0. The van der Waals surface area contributed by atoms with E-state index in [-0.39, 0.29) is 6.04 Å². The molecule has 0 saturated heterocycles. The number of ether oxygens (including phenoxy) is 1. The van der Waals surface area contributed by atoms with Gasteiger partial charge in [-0.2, -0.15) is 5.26 Å². The fourth-order valence-corrected chi connectivity index (χ4v) is 2.25. The van der Waals surface area contributed by atoms with Gasteiger partial charge >= 0.3 is 0 Å². The van der Waals surface area contributed by atoms with Crippen LogP contribution in [0.25, 0.3) is 0 Å². The number of nitrogens with zero attached hydrogens (tertiary/aromatic N) is 1. The molecule has 2 rings (SSSR count). The topological polar surface area (TPSA) is 45.0 Å². The predicted octanol–water partition coefficient (Wildman–Crippen LogP) is 4.05. The lowest BCUT2D eigenvalue weighted by Crippen LogP contribution is -2.09. The van der Waals surface area contributed by atoms with Crippen molar-refractivity contribution in [2.75, 3.05) is 12.4 Å². The summed E-state index contributed by atoms with van der Waals surface area (Å²) >= 11 is 0. The Hall–Kier alpha value is -2.47. The Morgan fingerprint density at radius 1 is 1.20 bits per heavy atom. The SMILES string of the molecule is COc1ccc(C#N)c(NC(C)c2ccccc2C)c1. The van der Waals surface area contributed by atoms with Crippen LogP contribution in [0.1, 0.15) is 29.7 Å². The average molecular weight is 266 g/mol. The molecular weight excluding hydrogens is 248 g/mol. The smallest absolute Gasteiger partial charge is 0.121 e. The molecule has 3 nitrogen and oxygen atoms in total. The molecule has 0 aliphatic carbocycles. The van der Waals surface area contributed by atoms with Gasteiger partial charge in [-0.25, -0.2) is 0 Å². The van der Waals surface area contributed by atoms with Crippen molar-refractivity contribution >= 4 is 5.69 Å². The molecule has 2 aromatic rings. The Morgan fingerprint density at radius 2 is 1.95 bits per heavy atom. The standard InChI is InChI=1S/C17H18N2O/c1-12-6-4-5-7-16(12)13(2)19-17-10-15(20-3)9-8-14(17)11-18/h4-10,13,19H,1-3H3. The molecule has 2 aromatic carbocycles. The summed E-state index contributed by atoms with van der Waals surface area (Å²) < 4.78 is 5.22. The molecule has 0 aliphatic rings. The molecule has 0 saturated carbocycles. The molecule has 20 heavy (non-hydrogen) atoms. The van der Waals surface area contributed by atoms with Crippen LogP contribution in [0.5, 0.6) is 5.75 Å². The number of benzene rings is 2. The molecule has 0 fully saturated rings. The first kappa shape index (κ1) is 14.0. The van der Waals surface area contributed by atoms with Crippen LogP contribution in [0.4, 0.5) is 5.69 Å². The van der Waals surface area contributed by atoms with Gasteiger partial charge in [-0.05, 0) is 37.1 Å². The van der Waals surface area contributed by atoms with Gasteiger partial charge in [0, 0.05) is 12.1 Å². The van der Waals surface area contributed by atoms with Gasteiger partial charge in [-0.3, -0.25) is 0 Å². The van der Waals surface area contributed by atoms with E-state index in [9.17, 15) is 5.26 Å². The monoisotopic (exact) mass is 266 g/mol. The number of hydrogen-bond acceptors (Lipinski definition) is 3. The molecule has 102 valence electrons. The second-order valence-corrected chi connectivity index (χ2v) is 4.75. The van der Waals surface area contributed by atoms with E-state index in [0.29, 0.717) is 5.56 Å². The van der Waals surface area contributed by atoms with Crippen LogP contribution in [0.3, 0.4) is 0 Å². The Bertz CT molecular complexity index is 644. The molecule has 0 amide bonds. The fourth-order valence-electron chi connectivity index (χ4n) is 2.25. The van der Waals surface area contributed by atoms with Crippen molar-refractivity contribution in [3.63, 3.8) is 0 Å². The van der Waals surface area contributed by atoms with E-state index in [0.717, 1.165) is 11.4 Å². The summed E-state index contributed by atoms with van der Waals surface area (Å²) in [6, 6.07) is 16.0. The summed E-state index contributed by atoms with van der Waals surface area (Å²) in [7, 11) is 1.62. The van der Waals surface area contributed by atoms with E-state index < -0.39 is 0 Å². The first-order valence-corrected chi connectivity index (χ1v) is 6.56. The van der Waals surface area contributed by atoms with Gasteiger partial charge in [0.15, 0.2) is 0 Å². The lowest BCUT2D eigenvalue weighted by molar-refractivity contribution is 0.415. The molecule has 3 heteroatoms. The van der Waals surface area contributed by atoms with Gasteiger partial charge in [0.1, 0.15) is 11.8 Å². The lowest BCUT2D eigenvalue weighted by atomic mass is 10.0. The minimum Gasteiger partial charge on any atom is -0.497 e. The quantitative estimate of drug-likeness (QED) is 0.908. The summed E-state index contributed by atoms with van der Waals surface area (Å²) in [5.41, 5.74) is 3.86. The van der Waals surface area contributed by atoms with Gasteiger partial charge < -0.3 is 10.1 Å². The van der Waals surface area contributed by atoms with Crippen LogP contribution >= 0.6 is 0 Å². The Balaban J connectivity index is 2.30. The number of hydrogen-bond donors (Lipinski definition) is 1. The van der Waals surface area contributed by atoms with Crippen LogP contribution in [-0.2, 0) is 0 Å². The summed E-state index contributed by atoms with van der Waals surface area (Å²) in [5.74, 6) is 0.739. The van der Waals surface area contributed by atoms with E-state index in [1.165, 1.54) is 11.1 Å². The van der Waals surface area contributed by atoms with Crippen LogP contribution in [0.15, 0.2) is 42.5 Å². The largest absolute Gasteiger partial charge is 0.497 e. The Morgan fingerprint density at radius 3 is 2.60 bits per heavy atom. The van der Waals surface area contributed by atoms with Gasteiger partial charge in [-0.15, -0.1) is 0 Å². The molecule has 0 aromatic heterocycles. The maximum absolute atomic E-state index is 9.19. The number of rotatable bonds is 4. The maximum atomic E-state index is 9.19. The van der Waals surface area contributed by atoms with Crippen molar-refractivity contribution in [3.8, 4) is 11.8 Å². The predicted molar refractivity (Wildman–Crippen MR) is 80.9 cm³/mol. The van der Waals surface area contributed by atoms with Crippen molar-refractivity contribution in [2.45, 2.75) is 19.9 Å². The van der Waals surface area contributed by atoms with Crippen LogP contribution in [-0.4, -0.2) is 7.11 Å². The third-order valence-electron chi connectivity index (χ3n) is 3.37. The molecule has 0 bridgehead atoms. The molecule has 1 N–H and O–H groups in total. The van der Waals surface area contributed by atoms with Crippen molar-refractivity contribution in [2.24, 2.45) is 0 Å². The zero-order chi connectivity index (χ0) is 14.5. The number of methoxy groups -OCH3 is 1. The average Bonchev–Trinajstić information content (AvgIpc) is 2.47. The summed E-state index contributed by atoms with van der Waals surface area (Å²) in [6.07, 6.45) is 0. The highest BCUT2D eigenvalue weighted by atomic mass is 16.5. The number of aryl methyl sites for hydroxylation is 1. The first-order valence-electron chi connectivity index (χ1n) is 6.56. The van der Waals surface area contributed by atoms with E-state index >= 15 is 0 Å². The van der Waals surface area contributed by atoms with Crippen LogP contribution in [0.2, 0.25) is 0 Å². The van der Waals surface area contributed by atoms with E-state index in [1.54, 1.807) is 19.2 Å². The minimum absolute atomic E-state index is 0.121. The third-order valence-corrected chi connectivity index (χ3v) is 3.37. The molecule has 0 radical (unpaired) electrons. The molecule has 1 atom stereocenters. The van der Waals surface area contributed by atoms with Gasteiger partial charge in [0.05, 0.1) is 18.4 Å². The molecular formula is C17H18N2O. The number of nitrogens with one attached hydrogen (secondary N) is 1. The van der Waals surface area contributed by atoms with Crippen molar-refractivity contribution in [1.82, 2.24) is 0 Å².